The van der Waals surface area contributed by atoms with Crippen molar-refractivity contribution in [3.8, 4) is 0 Å². The molecule has 0 aliphatic carbocycles. The van der Waals surface area contributed by atoms with E-state index in [1.54, 1.807) is 11.8 Å². The molecule has 0 aliphatic rings. The van der Waals surface area contributed by atoms with Gasteiger partial charge < -0.3 is 5.73 Å². The zero-order valence-electron chi connectivity index (χ0n) is 12.5. The molecule has 1 aromatic heterocycles. The molecule has 2 N–H and O–H groups in total. The third-order valence-corrected chi connectivity index (χ3v) is 4.24. The zero-order valence-corrected chi connectivity index (χ0v) is 13.3. The second-order valence-electron chi connectivity index (χ2n) is 5.49. The van der Waals surface area contributed by atoms with Crippen molar-refractivity contribution >= 4 is 17.7 Å². The summed E-state index contributed by atoms with van der Waals surface area (Å²) in [4.78, 5) is 0. The summed E-state index contributed by atoms with van der Waals surface area (Å²) in [6, 6.07) is 9.03. The second-order valence-corrected chi connectivity index (χ2v) is 6.43. The van der Waals surface area contributed by atoms with Gasteiger partial charge in [-0.3, -0.25) is 4.57 Å². The lowest BCUT2D eigenvalue weighted by atomic mass is 10.0. The SMILES string of the molecule is CC(C)c1ccc(CSc2nnc(N)n2C(C)C)cc1. The Kier molecular flexibility index (Phi) is 4.70. The molecule has 0 fully saturated rings. The van der Waals surface area contributed by atoms with Gasteiger partial charge in [0.2, 0.25) is 5.95 Å². The van der Waals surface area contributed by atoms with Gasteiger partial charge in [-0.25, -0.2) is 0 Å². The smallest absolute Gasteiger partial charge is 0.222 e. The summed E-state index contributed by atoms with van der Waals surface area (Å²) in [5.41, 5.74) is 8.50. The van der Waals surface area contributed by atoms with Crippen molar-refractivity contribution in [2.24, 2.45) is 0 Å². The minimum atomic E-state index is 0.274. The van der Waals surface area contributed by atoms with E-state index in [0.717, 1.165) is 10.9 Å². The number of benzene rings is 1. The van der Waals surface area contributed by atoms with E-state index in [9.17, 15) is 0 Å². The van der Waals surface area contributed by atoms with E-state index in [4.69, 9.17) is 5.73 Å². The molecule has 0 saturated carbocycles. The predicted octanol–water partition coefficient (Wildman–Crippen LogP) is 3.86. The first kappa shape index (κ1) is 14.9. The lowest BCUT2D eigenvalue weighted by molar-refractivity contribution is 0.557. The molecule has 1 aromatic carbocycles. The van der Waals surface area contributed by atoms with Crippen molar-refractivity contribution < 1.29 is 0 Å². The molecule has 2 aromatic rings. The van der Waals surface area contributed by atoms with E-state index < -0.39 is 0 Å². The number of thioether (sulfide) groups is 1. The molecule has 108 valence electrons. The van der Waals surface area contributed by atoms with Crippen LogP contribution in [-0.2, 0) is 5.75 Å². The van der Waals surface area contributed by atoms with Crippen molar-refractivity contribution in [2.45, 2.75) is 50.6 Å². The van der Waals surface area contributed by atoms with Crippen LogP contribution in [0.4, 0.5) is 5.95 Å². The van der Waals surface area contributed by atoms with Gasteiger partial charge in [-0.05, 0) is 30.9 Å². The topological polar surface area (TPSA) is 56.7 Å². The number of nitrogen functional groups attached to an aromatic ring is 1. The zero-order chi connectivity index (χ0) is 14.7. The van der Waals surface area contributed by atoms with Crippen molar-refractivity contribution in [3.63, 3.8) is 0 Å². The summed E-state index contributed by atoms with van der Waals surface area (Å²) < 4.78 is 1.97. The van der Waals surface area contributed by atoms with Gasteiger partial charge in [0.1, 0.15) is 0 Å². The van der Waals surface area contributed by atoms with Crippen molar-refractivity contribution in [2.75, 3.05) is 5.73 Å². The summed E-state index contributed by atoms with van der Waals surface area (Å²) in [6.45, 7) is 8.58. The van der Waals surface area contributed by atoms with Gasteiger partial charge in [0, 0.05) is 11.8 Å². The number of hydrogen-bond acceptors (Lipinski definition) is 4. The Hall–Kier alpha value is -1.49. The van der Waals surface area contributed by atoms with E-state index in [0.29, 0.717) is 11.9 Å². The van der Waals surface area contributed by atoms with E-state index in [1.165, 1.54) is 11.1 Å². The third kappa shape index (κ3) is 3.33. The molecule has 5 heteroatoms. The average Bonchev–Trinajstić information content (AvgIpc) is 2.78. The highest BCUT2D eigenvalue weighted by molar-refractivity contribution is 7.98. The fourth-order valence-electron chi connectivity index (χ4n) is 2.02. The average molecular weight is 290 g/mol. The summed E-state index contributed by atoms with van der Waals surface area (Å²) in [7, 11) is 0. The molecule has 1 heterocycles. The summed E-state index contributed by atoms with van der Waals surface area (Å²) in [5.74, 6) is 1.93. The molecular formula is C15H22N4S. The van der Waals surface area contributed by atoms with Crippen LogP contribution in [-0.4, -0.2) is 14.8 Å². The minimum absolute atomic E-state index is 0.274. The summed E-state index contributed by atoms with van der Waals surface area (Å²) in [6.07, 6.45) is 0. The fraction of sp³-hybridized carbons (Fsp3) is 0.467. The van der Waals surface area contributed by atoms with Gasteiger partial charge in [-0.2, -0.15) is 0 Å². The van der Waals surface area contributed by atoms with Crippen LogP contribution in [0.3, 0.4) is 0 Å². The Balaban J connectivity index is 2.05. The number of nitrogens with two attached hydrogens (primary N) is 1. The molecule has 0 bridgehead atoms. The van der Waals surface area contributed by atoms with Crippen LogP contribution >= 0.6 is 11.8 Å². The van der Waals surface area contributed by atoms with Crippen LogP contribution in [0.2, 0.25) is 0 Å². The van der Waals surface area contributed by atoms with Crippen LogP contribution in [0, 0.1) is 0 Å². The molecule has 4 nitrogen and oxygen atoms in total. The number of nitrogens with zero attached hydrogens (tertiary/aromatic N) is 3. The first-order valence-electron chi connectivity index (χ1n) is 6.91. The van der Waals surface area contributed by atoms with Gasteiger partial charge in [-0.1, -0.05) is 49.9 Å². The monoisotopic (exact) mass is 290 g/mol. The number of hydrogen-bond donors (Lipinski definition) is 1. The van der Waals surface area contributed by atoms with E-state index in [1.807, 2.05) is 4.57 Å². The lowest BCUT2D eigenvalue weighted by Crippen LogP contribution is -2.07. The summed E-state index contributed by atoms with van der Waals surface area (Å²) >= 11 is 1.67. The van der Waals surface area contributed by atoms with E-state index in [2.05, 4.69) is 62.2 Å². The molecule has 20 heavy (non-hydrogen) atoms. The quantitative estimate of drug-likeness (QED) is 0.850. The van der Waals surface area contributed by atoms with E-state index in [-0.39, 0.29) is 6.04 Å². The van der Waals surface area contributed by atoms with Crippen molar-refractivity contribution in [3.05, 3.63) is 35.4 Å². The maximum atomic E-state index is 5.84. The molecule has 0 atom stereocenters. The van der Waals surface area contributed by atoms with Crippen LogP contribution in [0.15, 0.2) is 29.4 Å². The Morgan fingerprint density at radius 3 is 2.30 bits per heavy atom. The lowest BCUT2D eigenvalue weighted by Gasteiger charge is -2.11. The minimum Gasteiger partial charge on any atom is -0.368 e. The second kappa shape index (κ2) is 6.31. The maximum Gasteiger partial charge on any atom is 0.222 e. The molecule has 2 rings (SSSR count). The van der Waals surface area contributed by atoms with Crippen molar-refractivity contribution in [1.29, 1.82) is 0 Å². The molecular weight excluding hydrogens is 268 g/mol. The first-order valence-corrected chi connectivity index (χ1v) is 7.89. The molecule has 0 radical (unpaired) electrons. The van der Waals surface area contributed by atoms with Gasteiger partial charge in [0.25, 0.3) is 0 Å². The van der Waals surface area contributed by atoms with Crippen LogP contribution in [0.5, 0.6) is 0 Å². The normalized spacial score (nSPS) is 11.5. The number of anilines is 1. The van der Waals surface area contributed by atoms with Crippen LogP contribution in [0.1, 0.15) is 50.8 Å². The number of rotatable bonds is 5. The molecule has 0 aliphatic heterocycles. The Bertz CT molecular complexity index is 558. The van der Waals surface area contributed by atoms with E-state index >= 15 is 0 Å². The van der Waals surface area contributed by atoms with Gasteiger partial charge in [0.05, 0.1) is 0 Å². The Labute approximate surface area is 124 Å². The molecule has 0 spiro atoms. The highest BCUT2D eigenvalue weighted by Gasteiger charge is 2.12. The highest BCUT2D eigenvalue weighted by atomic mass is 32.2. The van der Waals surface area contributed by atoms with Crippen LogP contribution in [0.25, 0.3) is 0 Å². The first-order chi connectivity index (χ1) is 9.49. The van der Waals surface area contributed by atoms with Gasteiger partial charge in [-0.15, -0.1) is 10.2 Å². The molecule has 0 unspecified atom stereocenters. The summed E-state index contributed by atoms with van der Waals surface area (Å²) in [5, 5.41) is 8.99. The largest absolute Gasteiger partial charge is 0.368 e. The maximum absolute atomic E-state index is 5.84. The van der Waals surface area contributed by atoms with Crippen molar-refractivity contribution in [1.82, 2.24) is 14.8 Å². The third-order valence-electron chi connectivity index (χ3n) is 3.22. The van der Waals surface area contributed by atoms with Gasteiger partial charge >= 0.3 is 0 Å². The fourth-order valence-corrected chi connectivity index (χ4v) is 3.05. The van der Waals surface area contributed by atoms with Crippen LogP contribution < -0.4 is 5.73 Å². The highest BCUT2D eigenvalue weighted by Crippen LogP contribution is 2.26. The molecule has 0 saturated heterocycles. The standard InChI is InChI=1S/C15H22N4S/c1-10(2)13-7-5-12(6-8-13)9-20-15-18-17-14(16)19(15)11(3)4/h5-8,10-11H,9H2,1-4H3,(H2,16,17). The predicted molar refractivity (Wildman–Crippen MR) is 84.9 cm³/mol. The Morgan fingerprint density at radius 1 is 1.10 bits per heavy atom. The van der Waals surface area contributed by atoms with Gasteiger partial charge in [0.15, 0.2) is 5.16 Å². The molecule has 0 amide bonds. The Morgan fingerprint density at radius 2 is 1.75 bits per heavy atom. The number of aromatic nitrogens is 3.